The fraction of sp³-hybridized carbons (Fsp3) is 0.462. The molecule has 1 fully saturated rings. The lowest BCUT2D eigenvalue weighted by Gasteiger charge is -2.37. The molecule has 1 aliphatic carbocycles. The third-order valence-electron chi connectivity index (χ3n) is 3.26. The molecule has 0 spiro atoms. The van der Waals surface area contributed by atoms with Crippen LogP contribution in [0.25, 0.3) is 0 Å². The first-order chi connectivity index (χ1) is 8.63. The van der Waals surface area contributed by atoms with E-state index in [0.29, 0.717) is 16.6 Å². The summed E-state index contributed by atoms with van der Waals surface area (Å²) in [4.78, 5) is 14.5. The van der Waals surface area contributed by atoms with Crippen LogP contribution >= 0.6 is 43.5 Å². The van der Waals surface area contributed by atoms with Gasteiger partial charge >= 0.3 is 0 Å². The van der Waals surface area contributed by atoms with Crippen LogP contribution in [-0.4, -0.2) is 28.7 Å². The summed E-state index contributed by atoms with van der Waals surface area (Å²) in [5.74, 6) is 0.0858. The van der Waals surface area contributed by atoms with Gasteiger partial charge in [-0.15, -0.1) is 0 Å². The molecule has 0 unspecified atom stereocenters. The Morgan fingerprint density at radius 1 is 1.44 bits per heavy atom. The van der Waals surface area contributed by atoms with Crippen molar-refractivity contribution in [3.63, 3.8) is 0 Å². The van der Waals surface area contributed by atoms with E-state index in [-0.39, 0.29) is 5.91 Å². The first-order valence-electron chi connectivity index (χ1n) is 5.95. The van der Waals surface area contributed by atoms with Crippen LogP contribution in [0, 0.1) is 0 Å². The van der Waals surface area contributed by atoms with Crippen molar-refractivity contribution in [1.82, 2.24) is 4.90 Å². The lowest BCUT2D eigenvalue weighted by Crippen LogP contribution is -2.45. The molecule has 0 radical (unpaired) electrons. The molecule has 0 aromatic heterocycles. The van der Waals surface area contributed by atoms with Gasteiger partial charge in [-0.05, 0) is 53.4 Å². The van der Waals surface area contributed by atoms with Gasteiger partial charge in [0.25, 0.3) is 5.91 Å². The van der Waals surface area contributed by atoms with Gasteiger partial charge in [0, 0.05) is 27.4 Å². The molecule has 0 saturated heterocycles. The van der Waals surface area contributed by atoms with Crippen molar-refractivity contribution in [3.8, 4) is 0 Å². The Morgan fingerprint density at radius 2 is 2.17 bits per heavy atom. The van der Waals surface area contributed by atoms with E-state index in [0.717, 1.165) is 29.2 Å². The van der Waals surface area contributed by atoms with Gasteiger partial charge in [-0.3, -0.25) is 4.79 Å². The zero-order valence-electron chi connectivity index (χ0n) is 9.83. The molecule has 1 saturated carbocycles. The summed E-state index contributed by atoms with van der Waals surface area (Å²) < 4.78 is 0.763. The van der Waals surface area contributed by atoms with Gasteiger partial charge in [-0.1, -0.05) is 27.5 Å². The molecule has 1 aromatic carbocycles. The molecule has 1 amide bonds. The van der Waals surface area contributed by atoms with E-state index in [1.165, 1.54) is 6.42 Å². The van der Waals surface area contributed by atoms with Crippen LogP contribution in [0.5, 0.6) is 0 Å². The van der Waals surface area contributed by atoms with Crippen LogP contribution < -0.4 is 0 Å². The molecule has 18 heavy (non-hydrogen) atoms. The van der Waals surface area contributed by atoms with Crippen molar-refractivity contribution in [2.75, 3.05) is 11.9 Å². The second-order valence-corrected chi connectivity index (χ2v) is 6.48. The number of alkyl halides is 1. The maximum absolute atomic E-state index is 12.5. The molecule has 98 valence electrons. The van der Waals surface area contributed by atoms with Crippen molar-refractivity contribution in [1.29, 1.82) is 0 Å². The predicted octanol–water partition coefficient (Wildman–Crippen LogP) is 4.49. The largest absolute Gasteiger partial charge is 0.335 e. The Kier molecular flexibility index (Phi) is 5.10. The molecule has 1 aromatic rings. The second-order valence-electron chi connectivity index (χ2n) is 4.40. The van der Waals surface area contributed by atoms with E-state index < -0.39 is 0 Å². The highest BCUT2D eigenvalue weighted by Gasteiger charge is 2.29. The van der Waals surface area contributed by atoms with Gasteiger partial charge in [-0.2, -0.15) is 0 Å². The van der Waals surface area contributed by atoms with Gasteiger partial charge < -0.3 is 4.90 Å². The zero-order valence-corrected chi connectivity index (χ0v) is 13.8. The van der Waals surface area contributed by atoms with E-state index in [9.17, 15) is 4.79 Å². The molecule has 1 aliphatic rings. The van der Waals surface area contributed by atoms with Crippen molar-refractivity contribution in [3.05, 3.63) is 33.3 Å². The summed E-state index contributed by atoms with van der Waals surface area (Å²) in [5.41, 5.74) is 0.687. The molecule has 2 nitrogen and oxygen atoms in total. The smallest absolute Gasteiger partial charge is 0.255 e. The summed E-state index contributed by atoms with van der Waals surface area (Å²) in [7, 11) is 0. The molecular weight excluding hydrogens is 381 g/mol. The Balaban J connectivity index is 2.21. The normalized spacial score (nSPS) is 15.3. The van der Waals surface area contributed by atoms with Crippen LogP contribution in [0.4, 0.5) is 0 Å². The number of hydrogen-bond acceptors (Lipinski definition) is 1. The van der Waals surface area contributed by atoms with Gasteiger partial charge in [-0.25, -0.2) is 0 Å². The van der Waals surface area contributed by atoms with Crippen LogP contribution in [0.3, 0.4) is 0 Å². The number of carbonyl (C=O) groups is 1. The number of amides is 1. The van der Waals surface area contributed by atoms with E-state index in [1.54, 1.807) is 18.2 Å². The summed E-state index contributed by atoms with van der Waals surface area (Å²) >= 11 is 12.7. The number of rotatable bonds is 4. The fourth-order valence-electron chi connectivity index (χ4n) is 2.06. The lowest BCUT2D eigenvalue weighted by molar-refractivity contribution is 0.0598. The van der Waals surface area contributed by atoms with Crippen LogP contribution in [0.15, 0.2) is 22.7 Å². The second kappa shape index (κ2) is 6.40. The average Bonchev–Trinajstić information content (AvgIpc) is 2.25. The number of benzene rings is 1. The van der Waals surface area contributed by atoms with Gasteiger partial charge in [0.05, 0.1) is 5.56 Å². The number of nitrogens with zero attached hydrogens (tertiary/aromatic N) is 1. The highest BCUT2D eigenvalue weighted by molar-refractivity contribution is 9.10. The predicted molar refractivity (Wildman–Crippen MR) is 81.6 cm³/mol. The standard InChI is InChI=1S/C13H14Br2ClNO/c14-6-7-17(10-2-1-3-10)13(18)11-5-4-9(16)8-12(11)15/h4-5,8,10H,1-3,6-7H2. The van der Waals surface area contributed by atoms with Crippen LogP contribution in [0.1, 0.15) is 29.6 Å². The molecular formula is C13H14Br2ClNO. The van der Waals surface area contributed by atoms with E-state index in [2.05, 4.69) is 31.9 Å². The maximum Gasteiger partial charge on any atom is 0.255 e. The summed E-state index contributed by atoms with van der Waals surface area (Å²) in [6, 6.07) is 5.71. The van der Waals surface area contributed by atoms with Crippen molar-refractivity contribution in [2.24, 2.45) is 0 Å². The minimum atomic E-state index is 0.0858. The molecule has 0 aliphatic heterocycles. The van der Waals surface area contributed by atoms with E-state index in [1.807, 2.05) is 4.90 Å². The van der Waals surface area contributed by atoms with Crippen molar-refractivity contribution < 1.29 is 4.79 Å². The van der Waals surface area contributed by atoms with Crippen molar-refractivity contribution >= 4 is 49.4 Å². The van der Waals surface area contributed by atoms with Gasteiger partial charge in [0.1, 0.15) is 0 Å². The Bertz CT molecular complexity index is 449. The Labute approximate surface area is 129 Å². The van der Waals surface area contributed by atoms with Crippen LogP contribution in [0.2, 0.25) is 5.02 Å². The third kappa shape index (κ3) is 3.09. The van der Waals surface area contributed by atoms with Gasteiger partial charge in [0.2, 0.25) is 0 Å². The fourth-order valence-corrected chi connectivity index (χ4v) is 3.29. The highest BCUT2D eigenvalue weighted by Crippen LogP contribution is 2.29. The average molecular weight is 396 g/mol. The lowest BCUT2D eigenvalue weighted by atomic mass is 9.91. The van der Waals surface area contributed by atoms with Crippen molar-refractivity contribution in [2.45, 2.75) is 25.3 Å². The Hall–Kier alpha value is -0.0600. The minimum Gasteiger partial charge on any atom is -0.335 e. The van der Waals surface area contributed by atoms with Crippen LogP contribution in [-0.2, 0) is 0 Å². The SMILES string of the molecule is O=C(c1ccc(Cl)cc1Br)N(CCBr)C1CCC1. The monoisotopic (exact) mass is 393 g/mol. The first kappa shape index (κ1) is 14.4. The van der Waals surface area contributed by atoms with E-state index >= 15 is 0 Å². The number of hydrogen-bond donors (Lipinski definition) is 0. The molecule has 0 bridgehead atoms. The molecule has 0 N–H and O–H groups in total. The summed E-state index contributed by atoms with van der Waals surface area (Å²) in [6.45, 7) is 0.749. The topological polar surface area (TPSA) is 20.3 Å². The minimum absolute atomic E-state index is 0.0858. The number of halogens is 3. The number of carbonyl (C=O) groups excluding carboxylic acids is 1. The third-order valence-corrected chi connectivity index (χ3v) is 4.51. The molecule has 2 rings (SSSR count). The van der Waals surface area contributed by atoms with Gasteiger partial charge in [0.15, 0.2) is 0 Å². The summed E-state index contributed by atoms with van der Waals surface area (Å²) in [5, 5.41) is 1.44. The summed E-state index contributed by atoms with van der Waals surface area (Å²) in [6.07, 6.45) is 3.45. The van der Waals surface area contributed by atoms with E-state index in [4.69, 9.17) is 11.6 Å². The highest BCUT2D eigenvalue weighted by atomic mass is 79.9. The Morgan fingerprint density at radius 3 is 2.67 bits per heavy atom. The molecule has 5 heteroatoms. The zero-order chi connectivity index (χ0) is 13.1. The molecule has 0 heterocycles. The maximum atomic E-state index is 12.5. The molecule has 0 atom stereocenters. The quantitative estimate of drug-likeness (QED) is 0.688. The first-order valence-corrected chi connectivity index (χ1v) is 8.24.